The lowest BCUT2D eigenvalue weighted by atomic mass is 9.75. The summed E-state index contributed by atoms with van der Waals surface area (Å²) >= 11 is 0. The third-order valence-corrected chi connectivity index (χ3v) is 6.89. The lowest BCUT2D eigenvalue weighted by Crippen LogP contribution is -2.63. The second kappa shape index (κ2) is 12.4. The molecule has 0 radical (unpaired) electrons. The largest absolute Gasteiger partial charge is 0.449 e. The molecule has 2 atom stereocenters. The molecule has 222 valence electrons. The van der Waals surface area contributed by atoms with Crippen molar-refractivity contribution in [2.45, 2.75) is 151 Å². The molecule has 1 aliphatic heterocycles. The van der Waals surface area contributed by atoms with Crippen molar-refractivity contribution in [2.75, 3.05) is 19.7 Å². The molecular formula is C31H59N3O4. The summed E-state index contributed by atoms with van der Waals surface area (Å²) in [5.74, 6) is 0.370. The molecule has 7 heteroatoms. The van der Waals surface area contributed by atoms with E-state index in [1.54, 1.807) is 4.90 Å². The van der Waals surface area contributed by atoms with Crippen molar-refractivity contribution >= 4 is 17.7 Å². The van der Waals surface area contributed by atoms with Gasteiger partial charge in [0.15, 0.2) is 11.6 Å². The molecule has 1 fully saturated rings. The average Bonchev–Trinajstić information content (AvgIpc) is 3.12. The Morgan fingerprint density at radius 1 is 0.763 bits per heavy atom. The highest BCUT2D eigenvalue weighted by Crippen LogP contribution is 2.33. The number of ether oxygens (including phenoxy) is 1. The zero-order valence-corrected chi connectivity index (χ0v) is 26.9. The molecule has 2 N–H and O–H groups in total. The fourth-order valence-electron chi connectivity index (χ4n) is 5.82. The van der Waals surface area contributed by atoms with Crippen LogP contribution in [0.2, 0.25) is 0 Å². The van der Waals surface area contributed by atoms with Gasteiger partial charge < -0.3 is 15.0 Å². The number of unbranched alkanes of at least 4 members (excludes halogenated alkanes) is 3. The smallest absolute Gasteiger partial charge is 0.409 e. The molecule has 1 heterocycles. The fourth-order valence-corrected chi connectivity index (χ4v) is 5.82. The Morgan fingerprint density at radius 3 is 1.79 bits per heavy atom. The van der Waals surface area contributed by atoms with Crippen LogP contribution in [0.5, 0.6) is 0 Å². The van der Waals surface area contributed by atoms with Gasteiger partial charge in [-0.05, 0) is 67.7 Å². The molecular weight excluding hydrogens is 478 g/mol. The second-order valence-electron chi connectivity index (χ2n) is 15.8. The maximum absolute atomic E-state index is 13.4. The standard InChI is InChI=1S/C31H59N3O4/c1-26(2,3)23(35)30(13,32-28(7,8)9)18-16-14-15-17-21-38-25(37)34-20-19-31(22-34,33-29(10,11)12)24(36)27(4,5)6/h32-33H,14-22H2,1-13H3/t30-,31+/m1/s1. The monoisotopic (exact) mass is 537 g/mol. The van der Waals surface area contributed by atoms with Gasteiger partial charge in [-0.1, -0.05) is 60.8 Å². The maximum Gasteiger partial charge on any atom is 0.409 e. The van der Waals surface area contributed by atoms with Crippen LogP contribution in [0.1, 0.15) is 129 Å². The number of carbonyl (C=O) groups excluding carboxylic acids is 3. The summed E-state index contributed by atoms with van der Waals surface area (Å²) in [4.78, 5) is 41.1. The van der Waals surface area contributed by atoms with E-state index in [2.05, 4.69) is 31.4 Å². The predicted molar refractivity (Wildman–Crippen MR) is 156 cm³/mol. The summed E-state index contributed by atoms with van der Waals surface area (Å²) in [5, 5.41) is 7.10. The van der Waals surface area contributed by atoms with E-state index in [0.29, 0.717) is 26.1 Å². The first-order chi connectivity index (χ1) is 16.9. The van der Waals surface area contributed by atoms with Crippen molar-refractivity contribution in [1.29, 1.82) is 0 Å². The summed E-state index contributed by atoms with van der Waals surface area (Å²) in [6, 6.07) is 0. The molecule has 7 nitrogen and oxygen atoms in total. The number of carbonyl (C=O) groups is 3. The molecule has 0 bridgehead atoms. The highest BCUT2D eigenvalue weighted by atomic mass is 16.6. The molecule has 1 aliphatic rings. The van der Waals surface area contributed by atoms with Crippen LogP contribution >= 0.6 is 0 Å². The van der Waals surface area contributed by atoms with E-state index < -0.39 is 21.9 Å². The topological polar surface area (TPSA) is 87.7 Å². The summed E-state index contributed by atoms with van der Waals surface area (Å²) in [6.07, 6.45) is 4.63. The Morgan fingerprint density at radius 2 is 1.32 bits per heavy atom. The molecule has 0 aromatic carbocycles. The van der Waals surface area contributed by atoms with E-state index in [0.717, 1.165) is 32.1 Å². The molecule has 0 aromatic rings. The Kier molecular flexibility index (Phi) is 11.2. The van der Waals surface area contributed by atoms with E-state index in [1.807, 2.05) is 69.2 Å². The van der Waals surface area contributed by atoms with Crippen LogP contribution in [0.4, 0.5) is 4.79 Å². The molecule has 0 spiro atoms. The van der Waals surface area contributed by atoms with E-state index >= 15 is 0 Å². The lowest BCUT2D eigenvalue weighted by molar-refractivity contribution is -0.134. The van der Waals surface area contributed by atoms with Crippen molar-refractivity contribution in [2.24, 2.45) is 10.8 Å². The number of nitrogens with zero attached hydrogens (tertiary/aromatic N) is 1. The summed E-state index contributed by atoms with van der Waals surface area (Å²) in [6.45, 7) is 27.4. The predicted octanol–water partition coefficient (Wildman–Crippen LogP) is 6.28. The number of rotatable bonds is 11. The van der Waals surface area contributed by atoms with Crippen molar-refractivity contribution < 1.29 is 19.1 Å². The van der Waals surface area contributed by atoms with Gasteiger partial charge in [0.05, 0.1) is 17.7 Å². The number of hydrogen-bond donors (Lipinski definition) is 2. The van der Waals surface area contributed by atoms with Crippen molar-refractivity contribution in [1.82, 2.24) is 15.5 Å². The lowest BCUT2D eigenvalue weighted by Gasteiger charge is -2.40. The van der Waals surface area contributed by atoms with Crippen LogP contribution in [-0.4, -0.2) is 64.4 Å². The second-order valence-corrected chi connectivity index (χ2v) is 15.8. The third kappa shape index (κ3) is 10.6. The van der Waals surface area contributed by atoms with Gasteiger partial charge in [0, 0.05) is 35.0 Å². The first-order valence-corrected chi connectivity index (χ1v) is 14.5. The highest BCUT2D eigenvalue weighted by Gasteiger charge is 2.51. The van der Waals surface area contributed by atoms with E-state index in [-0.39, 0.29) is 28.7 Å². The molecule has 1 rings (SSSR count). The molecule has 0 unspecified atom stereocenters. The van der Waals surface area contributed by atoms with E-state index in [4.69, 9.17) is 4.74 Å². The van der Waals surface area contributed by atoms with Gasteiger partial charge >= 0.3 is 6.09 Å². The molecule has 0 aliphatic carbocycles. The molecule has 1 amide bonds. The summed E-state index contributed by atoms with van der Waals surface area (Å²) in [5.41, 5.74) is -2.65. The minimum atomic E-state index is -0.756. The number of ketones is 2. The number of hydrogen-bond acceptors (Lipinski definition) is 6. The molecule has 1 saturated heterocycles. The summed E-state index contributed by atoms with van der Waals surface area (Å²) < 4.78 is 5.59. The van der Waals surface area contributed by atoms with Crippen LogP contribution in [0.25, 0.3) is 0 Å². The van der Waals surface area contributed by atoms with Crippen LogP contribution in [-0.2, 0) is 14.3 Å². The Balaban J connectivity index is 2.58. The van der Waals surface area contributed by atoms with Gasteiger partial charge in [0.25, 0.3) is 0 Å². The normalized spacial score (nSPS) is 20.8. The fraction of sp³-hybridized carbons (Fsp3) is 0.903. The number of amides is 1. The molecule has 0 saturated carbocycles. The first kappa shape index (κ1) is 34.6. The summed E-state index contributed by atoms with van der Waals surface area (Å²) in [7, 11) is 0. The van der Waals surface area contributed by atoms with Gasteiger partial charge in [-0.25, -0.2) is 4.79 Å². The first-order valence-electron chi connectivity index (χ1n) is 14.5. The van der Waals surface area contributed by atoms with Crippen molar-refractivity contribution in [3.8, 4) is 0 Å². The zero-order chi connectivity index (χ0) is 29.8. The minimum absolute atomic E-state index is 0.133. The third-order valence-electron chi connectivity index (χ3n) is 6.89. The van der Waals surface area contributed by atoms with Crippen LogP contribution < -0.4 is 10.6 Å². The average molecular weight is 538 g/mol. The minimum Gasteiger partial charge on any atom is -0.449 e. The van der Waals surface area contributed by atoms with E-state index in [1.165, 1.54) is 0 Å². The van der Waals surface area contributed by atoms with Gasteiger partial charge in [0.2, 0.25) is 0 Å². The number of Topliss-reactive ketones (excluding diaryl/α,β-unsaturated/α-hetero) is 2. The van der Waals surface area contributed by atoms with Crippen LogP contribution in [0.3, 0.4) is 0 Å². The van der Waals surface area contributed by atoms with Gasteiger partial charge in [-0.2, -0.15) is 0 Å². The SMILES string of the molecule is CC(C)(C)N[C@@]1(C(=O)C(C)(C)C)CCN(C(=O)OCCCCCC[C@@](C)(NC(C)(C)C)C(=O)C(C)(C)C)C1. The number of likely N-dealkylation sites (tertiary alicyclic amines) is 1. The Bertz CT molecular complexity index is 826. The Labute approximate surface area is 233 Å². The molecule has 0 aromatic heterocycles. The van der Waals surface area contributed by atoms with Crippen molar-refractivity contribution in [3.05, 3.63) is 0 Å². The number of nitrogens with one attached hydrogen (secondary N) is 2. The van der Waals surface area contributed by atoms with Crippen LogP contribution in [0.15, 0.2) is 0 Å². The highest BCUT2D eigenvalue weighted by molar-refractivity contribution is 5.94. The Hall–Kier alpha value is -1.47. The van der Waals surface area contributed by atoms with Gasteiger partial charge in [0.1, 0.15) is 0 Å². The molecule has 38 heavy (non-hydrogen) atoms. The van der Waals surface area contributed by atoms with Crippen molar-refractivity contribution in [3.63, 3.8) is 0 Å². The van der Waals surface area contributed by atoms with Crippen LogP contribution in [0, 0.1) is 10.8 Å². The quantitative estimate of drug-likeness (QED) is 0.302. The van der Waals surface area contributed by atoms with Gasteiger partial charge in [-0.15, -0.1) is 0 Å². The van der Waals surface area contributed by atoms with E-state index in [9.17, 15) is 14.4 Å². The van der Waals surface area contributed by atoms with Gasteiger partial charge in [-0.3, -0.25) is 14.9 Å². The zero-order valence-electron chi connectivity index (χ0n) is 26.9. The maximum atomic E-state index is 13.4.